The van der Waals surface area contributed by atoms with Crippen LogP contribution in [0.5, 0.6) is 11.5 Å². The van der Waals surface area contributed by atoms with Gasteiger partial charge in [0.1, 0.15) is 0 Å². The Balaban J connectivity index is 1.86. The van der Waals surface area contributed by atoms with E-state index in [9.17, 15) is 4.79 Å². The Kier molecular flexibility index (Phi) is 7.39. The number of benzene rings is 2. The Bertz CT molecular complexity index is 955. The molecule has 0 radical (unpaired) electrons. The molecule has 1 fully saturated rings. The lowest BCUT2D eigenvalue weighted by Crippen LogP contribution is -2.19. The van der Waals surface area contributed by atoms with Gasteiger partial charge in [-0.1, -0.05) is 40.5 Å². The van der Waals surface area contributed by atoms with Gasteiger partial charge in [0.15, 0.2) is 16.7 Å². The normalized spacial score (nSPS) is 16.3. The van der Waals surface area contributed by atoms with Crippen molar-refractivity contribution in [3.05, 3.63) is 56.9 Å². The molecule has 1 N–H and O–H groups in total. The lowest BCUT2D eigenvalue weighted by molar-refractivity contribution is -0.115. The third-order valence-corrected chi connectivity index (χ3v) is 5.62. The number of hydrogen-bond donors (Lipinski definition) is 1. The molecule has 0 atom stereocenters. The second-order valence-electron chi connectivity index (χ2n) is 6.42. The average Bonchev–Trinajstić information content (AvgIpc) is 3.04. The summed E-state index contributed by atoms with van der Waals surface area (Å²) in [4.78, 5) is 17.5. The Hall–Kier alpha value is -2.25. The highest BCUT2D eigenvalue weighted by Crippen LogP contribution is 2.37. The van der Waals surface area contributed by atoms with Crippen molar-refractivity contribution in [3.8, 4) is 11.5 Å². The molecule has 1 saturated heterocycles. The second kappa shape index (κ2) is 9.98. The summed E-state index contributed by atoms with van der Waals surface area (Å²) in [5.41, 5.74) is 2.81. The second-order valence-corrected chi connectivity index (χ2v) is 8.30. The van der Waals surface area contributed by atoms with E-state index < -0.39 is 0 Å². The van der Waals surface area contributed by atoms with E-state index in [1.165, 1.54) is 17.3 Å². The van der Waals surface area contributed by atoms with E-state index in [1.807, 2.05) is 56.3 Å². The van der Waals surface area contributed by atoms with Crippen LogP contribution in [0.1, 0.15) is 31.4 Å². The van der Waals surface area contributed by atoms with Gasteiger partial charge in [-0.2, -0.15) is 0 Å². The molecular formula is C22H23BrN2O3S. The molecule has 2 aromatic carbocycles. The smallest absolute Gasteiger partial charge is 0.264 e. The fourth-order valence-electron chi connectivity index (χ4n) is 2.61. The predicted molar refractivity (Wildman–Crippen MR) is 123 cm³/mol. The van der Waals surface area contributed by atoms with Gasteiger partial charge >= 0.3 is 0 Å². The van der Waals surface area contributed by atoms with Gasteiger partial charge < -0.3 is 14.8 Å². The standard InChI is InChI=1S/C22H23BrN2O3S/c1-4-10-28-19-13-17(23)15(11-18(19)27-5-2)12-20-21(26)25-22(29-20)24-16-8-6-14(3)7-9-16/h6-9,11-13H,4-5,10H2,1-3H3,(H,24,25,26)/b20-12-. The molecule has 2 aromatic rings. The highest BCUT2D eigenvalue weighted by molar-refractivity contribution is 9.10. The number of halogens is 1. The number of rotatable bonds is 7. The summed E-state index contributed by atoms with van der Waals surface area (Å²) in [5.74, 6) is 1.18. The number of hydrogen-bond acceptors (Lipinski definition) is 5. The zero-order valence-electron chi connectivity index (χ0n) is 16.6. The van der Waals surface area contributed by atoms with Crippen molar-refractivity contribution >= 4 is 50.5 Å². The molecular weight excluding hydrogens is 452 g/mol. The Morgan fingerprint density at radius 2 is 1.86 bits per heavy atom. The predicted octanol–water partition coefficient (Wildman–Crippen LogP) is 5.84. The number of nitrogens with one attached hydrogen (secondary N) is 1. The molecule has 1 amide bonds. The molecule has 0 spiro atoms. The van der Waals surface area contributed by atoms with Crippen molar-refractivity contribution in [1.82, 2.24) is 5.32 Å². The van der Waals surface area contributed by atoms with Crippen LogP contribution < -0.4 is 14.8 Å². The monoisotopic (exact) mass is 474 g/mol. The molecule has 0 unspecified atom stereocenters. The van der Waals surface area contributed by atoms with E-state index in [2.05, 4.69) is 33.2 Å². The average molecular weight is 475 g/mol. The van der Waals surface area contributed by atoms with Crippen LogP contribution in [0.15, 0.2) is 50.8 Å². The number of carbonyl (C=O) groups excluding carboxylic acids is 1. The fourth-order valence-corrected chi connectivity index (χ4v) is 3.88. The lowest BCUT2D eigenvalue weighted by atomic mass is 10.2. The van der Waals surface area contributed by atoms with Gasteiger partial charge in [-0.15, -0.1) is 0 Å². The third kappa shape index (κ3) is 5.64. The molecule has 1 aliphatic heterocycles. The largest absolute Gasteiger partial charge is 0.490 e. The van der Waals surface area contributed by atoms with Gasteiger partial charge in [0.05, 0.1) is 23.8 Å². The molecule has 0 aromatic heterocycles. The first-order chi connectivity index (χ1) is 14.0. The van der Waals surface area contributed by atoms with E-state index in [0.29, 0.717) is 34.8 Å². The van der Waals surface area contributed by atoms with E-state index in [0.717, 1.165) is 22.1 Å². The van der Waals surface area contributed by atoms with Crippen LogP contribution in [0.25, 0.3) is 6.08 Å². The first-order valence-electron chi connectivity index (χ1n) is 9.45. The molecule has 0 saturated carbocycles. The number of amides is 1. The number of aliphatic imine (C=N–C) groups is 1. The molecule has 7 heteroatoms. The van der Waals surface area contributed by atoms with Crippen LogP contribution in [0.3, 0.4) is 0 Å². The summed E-state index contributed by atoms with van der Waals surface area (Å²) >= 11 is 4.89. The molecule has 5 nitrogen and oxygen atoms in total. The van der Waals surface area contributed by atoms with Crippen LogP contribution >= 0.6 is 27.7 Å². The summed E-state index contributed by atoms with van der Waals surface area (Å²) in [6.45, 7) is 7.15. The highest BCUT2D eigenvalue weighted by atomic mass is 79.9. The van der Waals surface area contributed by atoms with Crippen LogP contribution in [0.4, 0.5) is 5.69 Å². The number of ether oxygens (including phenoxy) is 2. The first-order valence-corrected chi connectivity index (χ1v) is 11.1. The minimum Gasteiger partial charge on any atom is -0.490 e. The van der Waals surface area contributed by atoms with Crippen LogP contribution in [0, 0.1) is 6.92 Å². The van der Waals surface area contributed by atoms with E-state index in [-0.39, 0.29) is 5.91 Å². The van der Waals surface area contributed by atoms with Gasteiger partial charge in [0.2, 0.25) is 0 Å². The molecule has 1 aliphatic rings. The Morgan fingerprint density at radius 3 is 2.55 bits per heavy atom. The Labute approximate surface area is 183 Å². The van der Waals surface area contributed by atoms with Gasteiger partial charge in [-0.3, -0.25) is 4.79 Å². The van der Waals surface area contributed by atoms with Crippen molar-refractivity contribution in [2.45, 2.75) is 27.2 Å². The highest BCUT2D eigenvalue weighted by Gasteiger charge is 2.24. The van der Waals surface area contributed by atoms with Gasteiger partial charge in [-0.05, 0) is 67.9 Å². The summed E-state index contributed by atoms with van der Waals surface area (Å²) in [5, 5.41) is 3.38. The molecule has 0 aliphatic carbocycles. The molecule has 29 heavy (non-hydrogen) atoms. The van der Waals surface area contributed by atoms with E-state index in [4.69, 9.17) is 9.47 Å². The first kappa shape index (κ1) is 21.5. The number of carbonyl (C=O) groups is 1. The maximum atomic E-state index is 12.4. The maximum Gasteiger partial charge on any atom is 0.264 e. The third-order valence-electron chi connectivity index (χ3n) is 4.03. The van der Waals surface area contributed by atoms with E-state index in [1.54, 1.807) is 0 Å². The number of aryl methyl sites for hydroxylation is 1. The zero-order chi connectivity index (χ0) is 20.8. The van der Waals surface area contributed by atoms with E-state index >= 15 is 0 Å². The molecule has 0 bridgehead atoms. The van der Waals surface area contributed by atoms with Crippen molar-refractivity contribution < 1.29 is 14.3 Å². The molecule has 3 rings (SSSR count). The number of thioether (sulfide) groups is 1. The summed E-state index contributed by atoms with van der Waals surface area (Å²) in [6.07, 6.45) is 2.74. The fraction of sp³-hybridized carbons (Fsp3) is 0.273. The quantitative estimate of drug-likeness (QED) is 0.512. The van der Waals surface area contributed by atoms with Crippen LogP contribution in [-0.4, -0.2) is 24.3 Å². The van der Waals surface area contributed by atoms with Crippen molar-refractivity contribution in [2.24, 2.45) is 4.99 Å². The summed E-state index contributed by atoms with van der Waals surface area (Å²) in [7, 11) is 0. The van der Waals surface area contributed by atoms with Gasteiger partial charge in [0.25, 0.3) is 5.91 Å². The molecule has 1 heterocycles. The maximum absolute atomic E-state index is 12.4. The van der Waals surface area contributed by atoms with Crippen molar-refractivity contribution in [3.63, 3.8) is 0 Å². The SMILES string of the molecule is CCCOc1cc(Br)c(/C=C2\SC(=Nc3ccc(C)cc3)NC2=O)cc1OCC. The van der Waals surface area contributed by atoms with Gasteiger partial charge in [-0.25, -0.2) is 4.99 Å². The lowest BCUT2D eigenvalue weighted by Gasteiger charge is -2.13. The number of nitrogens with zero attached hydrogens (tertiary/aromatic N) is 1. The Morgan fingerprint density at radius 1 is 1.14 bits per heavy atom. The zero-order valence-corrected chi connectivity index (χ0v) is 19.0. The molecule has 152 valence electrons. The minimum absolute atomic E-state index is 0.169. The summed E-state index contributed by atoms with van der Waals surface area (Å²) in [6, 6.07) is 11.6. The van der Waals surface area contributed by atoms with Crippen molar-refractivity contribution in [2.75, 3.05) is 13.2 Å². The van der Waals surface area contributed by atoms with Crippen LogP contribution in [0.2, 0.25) is 0 Å². The minimum atomic E-state index is -0.169. The summed E-state index contributed by atoms with van der Waals surface area (Å²) < 4.78 is 12.3. The topological polar surface area (TPSA) is 59.9 Å². The number of amidine groups is 1. The van der Waals surface area contributed by atoms with Crippen molar-refractivity contribution in [1.29, 1.82) is 0 Å². The van der Waals surface area contributed by atoms with Gasteiger partial charge in [0, 0.05) is 4.47 Å². The van der Waals surface area contributed by atoms with Crippen LogP contribution in [-0.2, 0) is 4.79 Å².